The molecule has 0 saturated heterocycles. The third-order valence-electron chi connectivity index (χ3n) is 6.64. The summed E-state index contributed by atoms with van der Waals surface area (Å²) in [5.41, 5.74) is 3.20. The Bertz CT molecular complexity index is 1240. The standard InChI is InChI=1S/C19H24N2O2.C12H18N2O2.C4H8O2/c1-15(2)18(21(3)13-16-9-11-20-12-10-16)19(22)23-14-17-7-5-4-6-8-17;1-9(2)11(12(15)16)14(3)8-10-4-6-13-7-5-10;1-3-6-4(2)5/h4-12,15,18H,13-14H2,1-3H3;4-7,9,11H,8H2,1-3H3,(H,15,16);3H2,1-2H3/t18-;11-;/m00./s1. The lowest BCUT2D eigenvalue weighted by molar-refractivity contribution is -0.153. The molecular weight excluding hydrogens is 572 g/mol. The highest BCUT2D eigenvalue weighted by Crippen LogP contribution is 2.16. The molecule has 10 heteroatoms. The molecule has 0 unspecified atom stereocenters. The van der Waals surface area contributed by atoms with Crippen LogP contribution in [0, 0.1) is 11.8 Å². The number of carbonyl (C=O) groups excluding carboxylic acids is 2. The number of rotatable bonds is 13. The molecule has 0 amide bonds. The first-order chi connectivity index (χ1) is 21.4. The van der Waals surface area contributed by atoms with Crippen LogP contribution in [-0.2, 0) is 43.6 Å². The Morgan fingerprint density at radius 2 is 1.16 bits per heavy atom. The predicted molar refractivity (Wildman–Crippen MR) is 175 cm³/mol. The molecule has 45 heavy (non-hydrogen) atoms. The normalized spacial score (nSPS) is 12.0. The number of pyridine rings is 2. The van der Waals surface area contributed by atoms with E-state index < -0.39 is 12.0 Å². The molecule has 0 bridgehead atoms. The topological polar surface area (TPSA) is 122 Å². The first kappa shape index (κ1) is 38.9. The lowest BCUT2D eigenvalue weighted by Gasteiger charge is -2.29. The van der Waals surface area contributed by atoms with E-state index in [1.807, 2.05) is 106 Å². The molecule has 0 aliphatic rings. The van der Waals surface area contributed by atoms with Crippen molar-refractivity contribution in [3.63, 3.8) is 0 Å². The molecule has 0 fully saturated rings. The highest BCUT2D eigenvalue weighted by Gasteiger charge is 2.28. The van der Waals surface area contributed by atoms with E-state index in [1.165, 1.54) is 6.92 Å². The molecular formula is C35H50N4O6. The van der Waals surface area contributed by atoms with Crippen LogP contribution in [0.1, 0.15) is 58.2 Å². The lowest BCUT2D eigenvalue weighted by atomic mass is 10.0. The molecule has 0 saturated carbocycles. The van der Waals surface area contributed by atoms with Crippen LogP contribution in [0.25, 0.3) is 0 Å². The van der Waals surface area contributed by atoms with Crippen LogP contribution in [-0.4, -0.2) is 75.6 Å². The van der Waals surface area contributed by atoms with Gasteiger partial charge < -0.3 is 14.6 Å². The minimum absolute atomic E-state index is 0.0873. The Kier molecular flexibility index (Phi) is 18.6. The highest BCUT2D eigenvalue weighted by molar-refractivity contribution is 5.76. The molecule has 246 valence electrons. The maximum absolute atomic E-state index is 12.5. The molecule has 2 aromatic heterocycles. The zero-order chi connectivity index (χ0) is 33.8. The molecule has 0 spiro atoms. The van der Waals surface area contributed by atoms with Crippen molar-refractivity contribution in [3.8, 4) is 0 Å². The number of carboxylic acids is 1. The summed E-state index contributed by atoms with van der Waals surface area (Å²) in [4.78, 5) is 45.3. The quantitative estimate of drug-likeness (QED) is 0.246. The fraction of sp³-hybridized carbons (Fsp3) is 0.457. The average Bonchev–Trinajstić information content (AvgIpc) is 2.98. The van der Waals surface area contributed by atoms with Gasteiger partial charge in [0.1, 0.15) is 18.7 Å². The molecule has 1 N–H and O–H groups in total. The van der Waals surface area contributed by atoms with E-state index in [0.29, 0.717) is 26.3 Å². The van der Waals surface area contributed by atoms with Gasteiger partial charge in [-0.15, -0.1) is 0 Å². The fourth-order valence-corrected chi connectivity index (χ4v) is 4.71. The number of aliphatic carboxylic acids is 1. The summed E-state index contributed by atoms with van der Waals surface area (Å²) in [6.07, 6.45) is 6.96. The number of carbonyl (C=O) groups is 3. The number of nitrogens with zero attached hydrogens (tertiary/aromatic N) is 4. The SMILES string of the molecule is CC(C)[C@@H](C(=O)O)N(C)Cc1ccncc1.CC(C)[C@@H](C(=O)OCc1ccccc1)N(C)Cc1ccncc1.CCOC(C)=O. The number of benzene rings is 1. The second-order valence-electron chi connectivity index (χ2n) is 11.3. The summed E-state index contributed by atoms with van der Waals surface area (Å²) >= 11 is 0. The maximum Gasteiger partial charge on any atom is 0.323 e. The van der Waals surface area contributed by atoms with Gasteiger partial charge in [0, 0.05) is 44.8 Å². The van der Waals surface area contributed by atoms with Gasteiger partial charge in [0.25, 0.3) is 0 Å². The van der Waals surface area contributed by atoms with Gasteiger partial charge in [-0.1, -0.05) is 58.0 Å². The van der Waals surface area contributed by atoms with Crippen LogP contribution >= 0.6 is 0 Å². The van der Waals surface area contributed by atoms with E-state index >= 15 is 0 Å². The van der Waals surface area contributed by atoms with Crippen LogP contribution in [0.15, 0.2) is 79.4 Å². The predicted octanol–water partition coefficient (Wildman–Crippen LogP) is 5.47. The van der Waals surface area contributed by atoms with E-state index in [-0.39, 0.29) is 29.8 Å². The number of ether oxygens (including phenoxy) is 2. The van der Waals surface area contributed by atoms with Crippen molar-refractivity contribution in [2.24, 2.45) is 11.8 Å². The number of hydrogen-bond donors (Lipinski definition) is 1. The summed E-state index contributed by atoms with van der Waals surface area (Å²) in [6, 6.07) is 16.7. The molecule has 0 radical (unpaired) electrons. The highest BCUT2D eigenvalue weighted by atomic mass is 16.5. The smallest absolute Gasteiger partial charge is 0.323 e. The van der Waals surface area contributed by atoms with Gasteiger partial charge in [0.2, 0.25) is 0 Å². The molecule has 0 aliphatic carbocycles. The molecule has 2 heterocycles. The zero-order valence-electron chi connectivity index (χ0n) is 27.9. The van der Waals surface area contributed by atoms with Gasteiger partial charge in [0.15, 0.2) is 0 Å². The Balaban J connectivity index is 0.000000398. The number of hydrogen-bond acceptors (Lipinski definition) is 9. The van der Waals surface area contributed by atoms with E-state index in [1.54, 1.807) is 31.7 Å². The van der Waals surface area contributed by atoms with E-state index in [0.717, 1.165) is 16.7 Å². The van der Waals surface area contributed by atoms with Crippen LogP contribution in [0.3, 0.4) is 0 Å². The van der Waals surface area contributed by atoms with Crippen molar-refractivity contribution in [1.29, 1.82) is 0 Å². The largest absolute Gasteiger partial charge is 0.480 e. The molecule has 2 atom stereocenters. The molecule has 10 nitrogen and oxygen atoms in total. The Hall–Kier alpha value is -4.15. The molecule has 1 aromatic carbocycles. The first-order valence-corrected chi connectivity index (χ1v) is 15.1. The van der Waals surface area contributed by atoms with Gasteiger partial charge in [-0.2, -0.15) is 0 Å². The number of likely N-dealkylation sites (N-methyl/N-ethyl adjacent to an activating group) is 2. The van der Waals surface area contributed by atoms with Crippen molar-refractivity contribution >= 4 is 17.9 Å². The fourth-order valence-electron chi connectivity index (χ4n) is 4.71. The second kappa shape index (κ2) is 21.5. The Labute approximate surface area is 268 Å². The zero-order valence-corrected chi connectivity index (χ0v) is 27.9. The van der Waals surface area contributed by atoms with Crippen LogP contribution in [0.4, 0.5) is 0 Å². The average molecular weight is 623 g/mol. The lowest BCUT2D eigenvalue weighted by Crippen LogP contribution is -2.43. The van der Waals surface area contributed by atoms with Crippen molar-refractivity contribution in [2.45, 2.75) is 73.3 Å². The summed E-state index contributed by atoms with van der Waals surface area (Å²) in [5, 5.41) is 9.14. The van der Waals surface area contributed by atoms with Crippen LogP contribution in [0.5, 0.6) is 0 Å². The van der Waals surface area contributed by atoms with Crippen molar-refractivity contribution in [2.75, 3.05) is 20.7 Å². The van der Waals surface area contributed by atoms with Crippen LogP contribution in [0.2, 0.25) is 0 Å². The van der Waals surface area contributed by atoms with Gasteiger partial charge in [0.05, 0.1) is 6.61 Å². The van der Waals surface area contributed by atoms with Crippen LogP contribution < -0.4 is 0 Å². The van der Waals surface area contributed by atoms with Gasteiger partial charge in [-0.05, 0) is 73.8 Å². The maximum atomic E-state index is 12.5. The summed E-state index contributed by atoms with van der Waals surface area (Å²) in [5.74, 6) is -0.904. The summed E-state index contributed by atoms with van der Waals surface area (Å²) in [6.45, 7) is 13.2. The van der Waals surface area contributed by atoms with Crippen molar-refractivity contribution < 1.29 is 29.0 Å². The monoisotopic (exact) mass is 622 g/mol. The number of carboxylic acid groups (broad SMARTS) is 1. The molecule has 3 aromatic rings. The van der Waals surface area contributed by atoms with E-state index in [2.05, 4.69) is 14.7 Å². The first-order valence-electron chi connectivity index (χ1n) is 15.1. The van der Waals surface area contributed by atoms with Gasteiger partial charge in [-0.3, -0.25) is 34.2 Å². The van der Waals surface area contributed by atoms with Crippen molar-refractivity contribution in [3.05, 3.63) is 96.1 Å². The number of aromatic nitrogens is 2. The van der Waals surface area contributed by atoms with Gasteiger partial charge >= 0.3 is 17.9 Å². The summed E-state index contributed by atoms with van der Waals surface area (Å²) < 4.78 is 9.92. The number of esters is 2. The Morgan fingerprint density at radius 1 is 0.711 bits per heavy atom. The molecule has 0 aliphatic heterocycles. The minimum atomic E-state index is -0.772. The second-order valence-corrected chi connectivity index (χ2v) is 11.3. The third-order valence-corrected chi connectivity index (χ3v) is 6.64. The third kappa shape index (κ3) is 15.9. The summed E-state index contributed by atoms with van der Waals surface area (Å²) in [7, 11) is 3.79. The van der Waals surface area contributed by atoms with Crippen molar-refractivity contribution in [1.82, 2.24) is 19.8 Å². The Morgan fingerprint density at radius 3 is 1.51 bits per heavy atom. The van der Waals surface area contributed by atoms with Gasteiger partial charge in [-0.25, -0.2) is 0 Å². The minimum Gasteiger partial charge on any atom is -0.480 e. The van der Waals surface area contributed by atoms with E-state index in [4.69, 9.17) is 9.84 Å². The van der Waals surface area contributed by atoms with E-state index in [9.17, 15) is 14.4 Å². The molecule has 3 rings (SSSR count).